The third kappa shape index (κ3) is 6.79. The molecule has 0 atom stereocenters. The van der Waals surface area contributed by atoms with Crippen LogP contribution in [0.15, 0.2) is 24.3 Å². The van der Waals surface area contributed by atoms with Gasteiger partial charge < -0.3 is 16.0 Å². The van der Waals surface area contributed by atoms with Crippen molar-refractivity contribution in [1.82, 2.24) is 10.6 Å². The van der Waals surface area contributed by atoms with Gasteiger partial charge in [0.1, 0.15) is 0 Å². The highest BCUT2D eigenvalue weighted by atomic mass is 16.2. The lowest BCUT2D eigenvalue weighted by Gasteiger charge is -2.09. The average Bonchev–Trinajstić information content (AvgIpc) is 2.51. The number of nitrogens with one attached hydrogen (secondary N) is 3. The summed E-state index contributed by atoms with van der Waals surface area (Å²) in [6.07, 6.45) is 2.95. The van der Waals surface area contributed by atoms with Crippen LogP contribution in [0.4, 0.5) is 5.69 Å². The minimum absolute atomic E-state index is 0.0377. The number of amides is 2. The van der Waals surface area contributed by atoms with Crippen LogP contribution in [0.2, 0.25) is 0 Å². The molecular formula is C16H25N3O2. The summed E-state index contributed by atoms with van der Waals surface area (Å²) >= 11 is 0. The molecule has 0 saturated carbocycles. The highest BCUT2D eigenvalue weighted by Gasteiger charge is 2.06. The molecule has 3 N–H and O–H groups in total. The van der Waals surface area contributed by atoms with E-state index < -0.39 is 0 Å². The summed E-state index contributed by atoms with van der Waals surface area (Å²) in [6.45, 7) is 5.67. The van der Waals surface area contributed by atoms with E-state index in [9.17, 15) is 9.59 Å². The molecule has 0 aliphatic carbocycles. The molecule has 0 aliphatic rings. The number of unbranched alkanes of at least 4 members (excludes halogenated alkanes) is 1. The van der Waals surface area contributed by atoms with Crippen molar-refractivity contribution in [3.63, 3.8) is 0 Å². The van der Waals surface area contributed by atoms with Gasteiger partial charge in [-0.2, -0.15) is 0 Å². The highest BCUT2D eigenvalue weighted by molar-refractivity contribution is 5.95. The van der Waals surface area contributed by atoms with Crippen LogP contribution >= 0.6 is 0 Å². The van der Waals surface area contributed by atoms with E-state index in [1.165, 1.54) is 0 Å². The van der Waals surface area contributed by atoms with Crippen molar-refractivity contribution in [2.24, 2.45) is 0 Å². The Morgan fingerprint density at radius 1 is 1.05 bits per heavy atom. The van der Waals surface area contributed by atoms with Gasteiger partial charge in [-0.15, -0.1) is 0 Å². The van der Waals surface area contributed by atoms with E-state index in [1.807, 2.05) is 13.0 Å². The van der Waals surface area contributed by atoms with E-state index in [-0.39, 0.29) is 18.4 Å². The van der Waals surface area contributed by atoms with E-state index >= 15 is 0 Å². The largest absolute Gasteiger partial charge is 0.376 e. The normalized spacial score (nSPS) is 10.0. The molecule has 21 heavy (non-hydrogen) atoms. The molecule has 0 aliphatic heterocycles. The van der Waals surface area contributed by atoms with Gasteiger partial charge in [0.05, 0.1) is 6.54 Å². The van der Waals surface area contributed by atoms with Gasteiger partial charge >= 0.3 is 0 Å². The maximum absolute atomic E-state index is 11.9. The maximum Gasteiger partial charge on any atom is 0.251 e. The summed E-state index contributed by atoms with van der Waals surface area (Å²) < 4.78 is 0. The molecule has 0 spiro atoms. The van der Waals surface area contributed by atoms with Crippen LogP contribution in [-0.2, 0) is 4.79 Å². The SMILES string of the molecule is CCCCNC(=O)CNc1cccc(C(=O)NCCC)c1. The average molecular weight is 291 g/mol. The van der Waals surface area contributed by atoms with Crippen LogP contribution in [-0.4, -0.2) is 31.4 Å². The molecule has 5 nitrogen and oxygen atoms in total. The molecule has 0 radical (unpaired) electrons. The van der Waals surface area contributed by atoms with Crippen molar-refractivity contribution in [3.8, 4) is 0 Å². The van der Waals surface area contributed by atoms with Crippen LogP contribution in [0.3, 0.4) is 0 Å². The van der Waals surface area contributed by atoms with E-state index in [0.717, 1.165) is 24.9 Å². The summed E-state index contributed by atoms with van der Waals surface area (Å²) in [5.74, 6) is -0.128. The Morgan fingerprint density at radius 3 is 2.57 bits per heavy atom. The zero-order valence-corrected chi connectivity index (χ0v) is 12.9. The third-order valence-corrected chi connectivity index (χ3v) is 2.97. The fourth-order valence-electron chi connectivity index (χ4n) is 1.76. The molecule has 0 fully saturated rings. The number of anilines is 1. The van der Waals surface area contributed by atoms with Gasteiger partial charge in [-0.3, -0.25) is 9.59 Å². The number of carbonyl (C=O) groups is 2. The molecule has 2 amide bonds. The molecule has 0 unspecified atom stereocenters. The quantitative estimate of drug-likeness (QED) is 0.611. The molecule has 1 rings (SSSR count). The zero-order valence-electron chi connectivity index (χ0n) is 12.9. The zero-order chi connectivity index (χ0) is 15.5. The van der Waals surface area contributed by atoms with Gasteiger partial charge in [-0.25, -0.2) is 0 Å². The number of rotatable bonds is 9. The minimum Gasteiger partial charge on any atom is -0.376 e. The van der Waals surface area contributed by atoms with Crippen LogP contribution in [0.25, 0.3) is 0 Å². The number of hydrogen-bond acceptors (Lipinski definition) is 3. The lowest BCUT2D eigenvalue weighted by Crippen LogP contribution is -2.30. The lowest BCUT2D eigenvalue weighted by atomic mass is 10.2. The molecule has 1 aromatic carbocycles. The molecular weight excluding hydrogens is 266 g/mol. The van der Waals surface area contributed by atoms with E-state index in [1.54, 1.807) is 18.2 Å². The molecule has 0 saturated heterocycles. The summed E-state index contributed by atoms with van der Waals surface area (Å²) in [5, 5.41) is 8.70. The van der Waals surface area contributed by atoms with E-state index in [4.69, 9.17) is 0 Å². The topological polar surface area (TPSA) is 70.2 Å². The number of carbonyl (C=O) groups excluding carboxylic acids is 2. The Labute approximate surface area is 126 Å². The first-order chi connectivity index (χ1) is 10.2. The van der Waals surface area contributed by atoms with Crippen molar-refractivity contribution in [2.75, 3.05) is 25.0 Å². The van der Waals surface area contributed by atoms with Crippen LogP contribution in [0, 0.1) is 0 Å². The predicted octanol–water partition coefficient (Wildman–Crippen LogP) is 2.15. The van der Waals surface area contributed by atoms with Gasteiger partial charge in [0, 0.05) is 24.3 Å². The van der Waals surface area contributed by atoms with E-state index in [2.05, 4.69) is 22.9 Å². The van der Waals surface area contributed by atoms with Crippen LogP contribution in [0.5, 0.6) is 0 Å². The summed E-state index contributed by atoms with van der Waals surface area (Å²) in [6, 6.07) is 7.16. The van der Waals surface area contributed by atoms with Crippen molar-refractivity contribution in [1.29, 1.82) is 0 Å². The van der Waals surface area contributed by atoms with Crippen molar-refractivity contribution < 1.29 is 9.59 Å². The van der Waals surface area contributed by atoms with E-state index in [0.29, 0.717) is 18.7 Å². The monoisotopic (exact) mass is 291 g/mol. The second-order valence-electron chi connectivity index (χ2n) is 4.89. The first-order valence-electron chi connectivity index (χ1n) is 7.56. The fourth-order valence-corrected chi connectivity index (χ4v) is 1.76. The second-order valence-corrected chi connectivity index (χ2v) is 4.89. The van der Waals surface area contributed by atoms with Gasteiger partial charge in [0.15, 0.2) is 0 Å². The van der Waals surface area contributed by atoms with Crippen LogP contribution in [0.1, 0.15) is 43.5 Å². The van der Waals surface area contributed by atoms with Crippen LogP contribution < -0.4 is 16.0 Å². The molecule has 0 aromatic heterocycles. The number of hydrogen-bond donors (Lipinski definition) is 3. The van der Waals surface area contributed by atoms with Crippen molar-refractivity contribution >= 4 is 17.5 Å². The Bertz CT molecular complexity index is 461. The first-order valence-corrected chi connectivity index (χ1v) is 7.56. The standard InChI is InChI=1S/C16H25N3O2/c1-3-5-10-17-15(20)12-19-14-8-6-7-13(11-14)16(21)18-9-4-2/h6-8,11,19H,3-5,9-10,12H2,1-2H3,(H,17,20)(H,18,21). The van der Waals surface area contributed by atoms with Gasteiger partial charge in [0.2, 0.25) is 5.91 Å². The van der Waals surface area contributed by atoms with Gasteiger partial charge in [-0.05, 0) is 31.0 Å². The minimum atomic E-state index is -0.0899. The predicted molar refractivity (Wildman–Crippen MR) is 85.5 cm³/mol. The maximum atomic E-state index is 11.9. The highest BCUT2D eigenvalue weighted by Crippen LogP contribution is 2.10. The van der Waals surface area contributed by atoms with Gasteiger partial charge in [-0.1, -0.05) is 26.3 Å². The molecule has 0 heterocycles. The second kappa shape index (κ2) is 9.80. The molecule has 1 aromatic rings. The Morgan fingerprint density at radius 2 is 1.86 bits per heavy atom. The fraction of sp³-hybridized carbons (Fsp3) is 0.500. The first kappa shape index (κ1) is 17.0. The van der Waals surface area contributed by atoms with Crippen molar-refractivity contribution in [2.45, 2.75) is 33.1 Å². The summed E-state index contributed by atoms with van der Waals surface area (Å²) in [4.78, 5) is 23.4. The third-order valence-electron chi connectivity index (χ3n) is 2.97. The Kier molecular flexibility index (Phi) is 7.94. The lowest BCUT2D eigenvalue weighted by molar-refractivity contribution is -0.119. The molecule has 116 valence electrons. The Hall–Kier alpha value is -2.04. The molecule has 5 heteroatoms. The number of benzene rings is 1. The smallest absolute Gasteiger partial charge is 0.251 e. The summed E-state index contributed by atoms with van der Waals surface area (Å²) in [5.41, 5.74) is 1.37. The van der Waals surface area contributed by atoms with Crippen molar-refractivity contribution in [3.05, 3.63) is 29.8 Å². The van der Waals surface area contributed by atoms with Gasteiger partial charge in [0.25, 0.3) is 5.91 Å². The summed E-state index contributed by atoms with van der Waals surface area (Å²) in [7, 11) is 0. The molecule has 0 bridgehead atoms. The Balaban J connectivity index is 2.45.